The summed E-state index contributed by atoms with van der Waals surface area (Å²) in [7, 11) is -3.72. The molecule has 31 heavy (non-hydrogen) atoms. The Bertz CT molecular complexity index is 1150. The van der Waals surface area contributed by atoms with E-state index in [-0.39, 0.29) is 4.90 Å². The number of anilines is 1. The zero-order chi connectivity index (χ0) is 22.4. The van der Waals surface area contributed by atoms with E-state index < -0.39 is 10.0 Å². The maximum absolute atomic E-state index is 11.4. The Balaban J connectivity index is 1.73. The molecule has 0 radical (unpaired) electrons. The third-order valence-electron chi connectivity index (χ3n) is 4.56. The van der Waals surface area contributed by atoms with Gasteiger partial charge in [-0.15, -0.1) is 0 Å². The van der Waals surface area contributed by atoms with Gasteiger partial charge in [-0.2, -0.15) is 0 Å². The van der Waals surface area contributed by atoms with Crippen molar-refractivity contribution >= 4 is 27.3 Å². The summed E-state index contributed by atoms with van der Waals surface area (Å²) < 4.78 is 34.5. The maximum Gasteiger partial charge on any atom is 0.238 e. The van der Waals surface area contributed by atoms with Gasteiger partial charge in [0.25, 0.3) is 0 Å². The number of halogens is 1. The third-order valence-corrected chi connectivity index (χ3v) is 5.84. The molecular formula is C23H25ClN2O4S. The van der Waals surface area contributed by atoms with E-state index >= 15 is 0 Å². The summed E-state index contributed by atoms with van der Waals surface area (Å²) in [5.74, 6) is 1.19. The molecular weight excluding hydrogens is 436 g/mol. The minimum absolute atomic E-state index is 0.0600. The highest BCUT2D eigenvalue weighted by atomic mass is 35.5. The van der Waals surface area contributed by atoms with Crippen LogP contribution in [0.4, 0.5) is 5.69 Å². The van der Waals surface area contributed by atoms with Crippen molar-refractivity contribution in [2.75, 3.05) is 11.9 Å². The first-order chi connectivity index (χ1) is 14.8. The molecule has 3 aromatic carbocycles. The molecule has 0 atom stereocenters. The predicted octanol–water partition coefficient (Wildman–Crippen LogP) is 4.89. The fourth-order valence-electron chi connectivity index (χ4n) is 3.02. The molecule has 0 fully saturated rings. The van der Waals surface area contributed by atoms with Crippen LogP contribution in [-0.4, -0.2) is 15.0 Å². The van der Waals surface area contributed by atoms with Crippen molar-refractivity contribution in [1.82, 2.24) is 0 Å². The highest BCUT2D eigenvalue weighted by Gasteiger charge is 2.12. The summed E-state index contributed by atoms with van der Waals surface area (Å²) in [6.07, 6.45) is 0. The molecule has 3 rings (SSSR count). The molecule has 8 heteroatoms. The smallest absolute Gasteiger partial charge is 0.238 e. The molecule has 0 unspecified atom stereocenters. The van der Waals surface area contributed by atoms with Crippen molar-refractivity contribution < 1.29 is 17.9 Å². The summed E-state index contributed by atoms with van der Waals surface area (Å²) in [6, 6.07) is 17.9. The topological polar surface area (TPSA) is 90.6 Å². The highest BCUT2D eigenvalue weighted by Crippen LogP contribution is 2.34. The molecule has 3 N–H and O–H groups in total. The number of primary sulfonamides is 1. The van der Waals surface area contributed by atoms with E-state index in [1.807, 2.05) is 38.1 Å². The van der Waals surface area contributed by atoms with Crippen LogP contribution in [0.5, 0.6) is 11.5 Å². The lowest BCUT2D eigenvalue weighted by molar-refractivity contribution is 0.269. The maximum atomic E-state index is 11.4. The summed E-state index contributed by atoms with van der Waals surface area (Å²) >= 11 is 6.49. The van der Waals surface area contributed by atoms with Gasteiger partial charge in [0.2, 0.25) is 10.0 Å². The summed E-state index contributed by atoms with van der Waals surface area (Å²) in [5, 5.41) is 8.88. The summed E-state index contributed by atoms with van der Waals surface area (Å²) in [5.41, 5.74) is 3.79. The minimum Gasteiger partial charge on any atom is -0.490 e. The number of ether oxygens (including phenoxy) is 2. The van der Waals surface area contributed by atoms with Crippen molar-refractivity contribution in [3.05, 3.63) is 82.4 Å². The van der Waals surface area contributed by atoms with Crippen LogP contribution in [0.2, 0.25) is 5.02 Å². The van der Waals surface area contributed by atoms with E-state index in [2.05, 4.69) is 11.4 Å². The molecule has 0 saturated heterocycles. The van der Waals surface area contributed by atoms with Crippen LogP contribution >= 0.6 is 11.6 Å². The number of nitrogens with one attached hydrogen (secondary N) is 1. The van der Waals surface area contributed by atoms with Gasteiger partial charge in [-0.3, -0.25) is 0 Å². The van der Waals surface area contributed by atoms with E-state index in [1.54, 1.807) is 18.2 Å². The van der Waals surface area contributed by atoms with E-state index in [1.165, 1.54) is 17.7 Å². The molecule has 0 amide bonds. The first-order valence-corrected chi connectivity index (χ1v) is 11.7. The molecule has 0 spiro atoms. The van der Waals surface area contributed by atoms with Crippen LogP contribution in [0.3, 0.4) is 0 Å². The molecule has 0 aliphatic rings. The molecule has 0 saturated carbocycles. The van der Waals surface area contributed by atoms with Crippen molar-refractivity contribution in [2.24, 2.45) is 5.14 Å². The average molecular weight is 461 g/mol. The number of rotatable bonds is 9. The Kier molecular flexibility index (Phi) is 7.43. The lowest BCUT2D eigenvalue weighted by Crippen LogP contribution is -2.12. The first-order valence-electron chi connectivity index (χ1n) is 9.76. The van der Waals surface area contributed by atoms with Crippen molar-refractivity contribution in [2.45, 2.75) is 31.9 Å². The van der Waals surface area contributed by atoms with Crippen LogP contribution in [0.15, 0.2) is 65.6 Å². The zero-order valence-corrected chi connectivity index (χ0v) is 19.0. The quantitative estimate of drug-likeness (QED) is 0.474. The van der Waals surface area contributed by atoms with Gasteiger partial charge in [-0.05, 0) is 55.3 Å². The summed E-state index contributed by atoms with van der Waals surface area (Å²) in [4.78, 5) is 0.0600. The Morgan fingerprint density at radius 2 is 1.71 bits per heavy atom. The molecule has 0 aliphatic heterocycles. The minimum atomic E-state index is -3.72. The first kappa shape index (κ1) is 22.9. The molecule has 0 aromatic heterocycles. The number of hydrogen-bond acceptors (Lipinski definition) is 5. The van der Waals surface area contributed by atoms with Crippen molar-refractivity contribution in [1.29, 1.82) is 0 Å². The number of hydrogen-bond donors (Lipinski definition) is 2. The second kappa shape index (κ2) is 10.0. The summed E-state index contributed by atoms with van der Waals surface area (Å²) in [6.45, 7) is 5.27. The fraction of sp³-hybridized carbons (Fsp3) is 0.217. The van der Waals surface area contributed by atoms with Crippen LogP contribution in [0.25, 0.3) is 0 Å². The SMILES string of the molecule is CCOc1cc(CNc2ccc(S(N)(=O)=O)cc2)c(Cl)cc1OCc1cccc(C)c1. The van der Waals surface area contributed by atoms with Gasteiger partial charge in [0.1, 0.15) is 6.61 Å². The van der Waals surface area contributed by atoms with Gasteiger partial charge < -0.3 is 14.8 Å². The molecule has 164 valence electrons. The standard InChI is InChI=1S/C23H25ClN2O4S/c1-3-29-22-12-18(14-26-19-7-9-20(10-8-19)31(25,27)28)21(24)13-23(22)30-15-17-6-4-5-16(2)11-17/h4-13,26H,3,14-15H2,1-2H3,(H2,25,27,28). The van der Waals surface area contributed by atoms with E-state index in [0.29, 0.717) is 36.3 Å². The number of sulfonamides is 1. The van der Waals surface area contributed by atoms with Crippen LogP contribution in [0.1, 0.15) is 23.6 Å². The second-order valence-corrected chi connectivity index (χ2v) is 8.99. The van der Waals surface area contributed by atoms with Crippen LogP contribution < -0.4 is 19.9 Å². The van der Waals surface area contributed by atoms with Gasteiger partial charge in [0.05, 0.1) is 11.5 Å². The van der Waals surface area contributed by atoms with E-state index in [9.17, 15) is 8.42 Å². The number of nitrogens with two attached hydrogens (primary N) is 1. The normalized spacial score (nSPS) is 11.2. The Morgan fingerprint density at radius 3 is 2.35 bits per heavy atom. The number of benzene rings is 3. The molecule has 0 bridgehead atoms. The Morgan fingerprint density at radius 1 is 1.00 bits per heavy atom. The van der Waals surface area contributed by atoms with Gasteiger partial charge in [0.15, 0.2) is 11.5 Å². The van der Waals surface area contributed by atoms with Crippen molar-refractivity contribution in [3.8, 4) is 11.5 Å². The molecule has 0 aliphatic carbocycles. The largest absolute Gasteiger partial charge is 0.490 e. The lowest BCUT2D eigenvalue weighted by atomic mass is 10.1. The molecule has 6 nitrogen and oxygen atoms in total. The highest BCUT2D eigenvalue weighted by molar-refractivity contribution is 7.89. The van der Waals surface area contributed by atoms with Gasteiger partial charge in [0, 0.05) is 23.3 Å². The van der Waals surface area contributed by atoms with E-state index in [4.69, 9.17) is 26.2 Å². The Hall–Kier alpha value is -2.74. The van der Waals surface area contributed by atoms with Crippen LogP contribution in [0, 0.1) is 6.92 Å². The zero-order valence-electron chi connectivity index (χ0n) is 17.4. The van der Waals surface area contributed by atoms with Crippen LogP contribution in [-0.2, 0) is 23.2 Å². The number of aryl methyl sites for hydroxylation is 1. The molecule has 0 heterocycles. The van der Waals surface area contributed by atoms with Gasteiger partial charge in [-0.1, -0.05) is 41.4 Å². The monoisotopic (exact) mass is 460 g/mol. The fourth-order valence-corrected chi connectivity index (χ4v) is 3.75. The lowest BCUT2D eigenvalue weighted by Gasteiger charge is -2.16. The van der Waals surface area contributed by atoms with Gasteiger partial charge in [-0.25, -0.2) is 13.6 Å². The van der Waals surface area contributed by atoms with Gasteiger partial charge >= 0.3 is 0 Å². The predicted molar refractivity (Wildman–Crippen MR) is 123 cm³/mol. The second-order valence-electron chi connectivity index (χ2n) is 7.02. The Labute approximate surface area is 188 Å². The van der Waals surface area contributed by atoms with E-state index in [0.717, 1.165) is 16.8 Å². The molecule has 3 aromatic rings. The average Bonchev–Trinajstić information content (AvgIpc) is 2.72. The van der Waals surface area contributed by atoms with Crippen molar-refractivity contribution in [3.63, 3.8) is 0 Å². The third kappa shape index (κ3) is 6.37.